The molecule has 8 nitrogen and oxygen atoms in total. The first-order valence-electron chi connectivity index (χ1n) is 10.6. The van der Waals surface area contributed by atoms with Gasteiger partial charge in [0.15, 0.2) is 5.16 Å². The molecular formula is C22H26N4O4S2. The Morgan fingerprint density at radius 1 is 1.41 bits per heavy atom. The van der Waals surface area contributed by atoms with Gasteiger partial charge in [-0.1, -0.05) is 18.7 Å². The summed E-state index contributed by atoms with van der Waals surface area (Å²) >= 11 is 2.71. The van der Waals surface area contributed by atoms with Crippen molar-refractivity contribution in [3.05, 3.63) is 45.0 Å². The molecule has 2 N–H and O–H groups in total. The fourth-order valence-corrected chi connectivity index (χ4v) is 6.03. The average molecular weight is 475 g/mol. The molecule has 0 spiro atoms. The summed E-state index contributed by atoms with van der Waals surface area (Å²) in [6.07, 6.45) is 4.47. The Morgan fingerprint density at radius 3 is 2.94 bits per heavy atom. The molecule has 3 aromatic heterocycles. The van der Waals surface area contributed by atoms with Crippen molar-refractivity contribution in [2.24, 2.45) is 5.92 Å². The highest BCUT2D eigenvalue weighted by atomic mass is 32.2. The Morgan fingerprint density at radius 2 is 2.22 bits per heavy atom. The maximum Gasteiger partial charge on any atom is 0.321 e. The number of carbonyl (C=O) groups excluding carboxylic acids is 2. The molecule has 4 rings (SSSR count). The van der Waals surface area contributed by atoms with E-state index < -0.39 is 11.9 Å². The summed E-state index contributed by atoms with van der Waals surface area (Å²) < 4.78 is 7.02. The molecule has 0 aromatic carbocycles. The van der Waals surface area contributed by atoms with Crippen LogP contribution in [0.4, 0.5) is 4.79 Å². The van der Waals surface area contributed by atoms with Gasteiger partial charge in [0, 0.05) is 10.9 Å². The second kappa shape index (κ2) is 9.50. The van der Waals surface area contributed by atoms with Crippen molar-refractivity contribution in [2.75, 3.05) is 5.75 Å². The number of imide groups is 1. The first-order chi connectivity index (χ1) is 15.3. The lowest BCUT2D eigenvalue weighted by atomic mass is 9.89. The van der Waals surface area contributed by atoms with Crippen molar-refractivity contribution in [3.8, 4) is 0 Å². The first kappa shape index (κ1) is 22.6. The number of amides is 3. The number of nitrogens with zero attached hydrogens (tertiary/aromatic N) is 2. The largest absolute Gasteiger partial charge is 0.467 e. The second-order valence-corrected chi connectivity index (χ2v) is 10.4. The zero-order chi connectivity index (χ0) is 22.8. The molecule has 3 amide bonds. The standard InChI is InChI=1S/C22H26N4O4S2/c1-12(2)23-21(29)24-17(27)11-31-22-25-19-18(15-7-6-13(3)9-16(15)32-19)20(28)26(22)10-14-5-4-8-30-14/h4-5,8,12-13H,6-7,9-11H2,1-3H3,(H2,23,24,27,29). The van der Waals surface area contributed by atoms with Crippen LogP contribution in [0.15, 0.2) is 32.8 Å². The van der Waals surface area contributed by atoms with Crippen molar-refractivity contribution in [3.63, 3.8) is 0 Å². The van der Waals surface area contributed by atoms with Crippen molar-refractivity contribution in [2.45, 2.75) is 57.8 Å². The number of urea groups is 1. The number of hydrogen-bond acceptors (Lipinski definition) is 7. The van der Waals surface area contributed by atoms with Gasteiger partial charge in [0.1, 0.15) is 10.6 Å². The number of furan rings is 1. The fraction of sp³-hybridized carbons (Fsp3) is 0.455. The number of thioether (sulfide) groups is 1. The van der Waals surface area contributed by atoms with Crippen molar-refractivity contribution in [1.82, 2.24) is 20.2 Å². The van der Waals surface area contributed by atoms with Crippen LogP contribution in [0, 0.1) is 5.92 Å². The molecule has 32 heavy (non-hydrogen) atoms. The van der Waals surface area contributed by atoms with E-state index in [1.807, 2.05) is 13.8 Å². The van der Waals surface area contributed by atoms with Crippen LogP contribution in [0.1, 0.15) is 43.4 Å². The molecule has 0 aliphatic heterocycles. The van der Waals surface area contributed by atoms with Gasteiger partial charge in [0.05, 0.1) is 23.9 Å². The Labute approximate surface area is 193 Å². The summed E-state index contributed by atoms with van der Waals surface area (Å²) in [6, 6.07) is 2.96. The van der Waals surface area contributed by atoms with Crippen molar-refractivity contribution < 1.29 is 14.0 Å². The third kappa shape index (κ3) is 4.91. The van der Waals surface area contributed by atoms with Crippen LogP contribution in [0.2, 0.25) is 0 Å². The molecule has 0 bridgehead atoms. The van der Waals surface area contributed by atoms with Crippen LogP contribution < -0.4 is 16.2 Å². The van der Waals surface area contributed by atoms with Gasteiger partial charge in [-0.2, -0.15) is 0 Å². The van der Waals surface area contributed by atoms with E-state index in [1.165, 1.54) is 4.88 Å². The van der Waals surface area contributed by atoms with Gasteiger partial charge in [-0.25, -0.2) is 9.78 Å². The van der Waals surface area contributed by atoms with Crippen LogP contribution in [-0.4, -0.2) is 33.3 Å². The number of nitrogens with one attached hydrogen (secondary N) is 2. The van der Waals surface area contributed by atoms with Crippen LogP contribution in [0.3, 0.4) is 0 Å². The molecule has 0 fully saturated rings. The molecule has 0 saturated carbocycles. The second-order valence-electron chi connectivity index (χ2n) is 8.36. The third-order valence-corrected chi connectivity index (χ3v) is 7.40. The number of fused-ring (bicyclic) bond motifs is 3. The van der Waals surface area contributed by atoms with Gasteiger partial charge >= 0.3 is 6.03 Å². The molecule has 1 atom stereocenters. The molecule has 10 heteroatoms. The van der Waals surface area contributed by atoms with Crippen molar-refractivity contribution in [1.29, 1.82) is 0 Å². The number of aryl methyl sites for hydroxylation is 1. The SMILES string of the molecule is CC1CCc2c(sc3nc(SCC(=O)NC(=O)NC(C)C)n(Cc4ccco4)c(=O)c23)C1. The summed E-state index contributed by atoms with van der Waals surface area (Å²) in [5.41, 5.74) is 1.01. The number of thiophene rings is 1. The zero-order valence-electron chi connectivity index (χ0n) is 18.3. The smallest absolute Gasteiger partial charge is 0.321 e. The van der Waals surface area contributed by atoms with E-state index in [-0.39, 0.29) is 23.9 Å². The fourth-order valence-electron chi connectivity index (χ4n) is 3.80. The molecule has 170 valence electrons. The van der Waals surface area contributed by atoms with E-state index in [9.17, 15) is 14.4 Å². The summed E-state index contributed by atoms with van der Waals surface area (Å²) in [5, 5.41) is 6.04. The maximum absolute atomic E-state index is 13.5. The monoisotopic (exact) mass is 474 g/mol. The predicted molar refractivity (Wildman–Crippen MR) is 125 cm³/mol. The quantitative estimate of drug-likeness (QED) is 0.418. The van der Waals surface area contributed by atoms with Crippen LogP contribution in [0.25, 0.3) is 10.2 Å². The zero-order valence-corrected chi connectivity index (χ0v) is 19.9. The topological polar surface area (TPSA) is 106 Å². The number of rotatable bonds is 6. The van der Waals surface area contributed by atoms with Gasteiger partial charge in [-0.05, 0) is 56.7 Å². The predicted octanol–water partition coefficient (Wildman–Crippen LogP) is 3.55. The van der Waals surface area contributed by atoms with Gasteiger partial charge < -0.3 is 9.73 Å². The number of aromatic nitrogens is 2. The van der Waals surface area contributed by atoms with Crippen LogP contribution in [0.5, 0.6) is 0 Å². The van der Waals surface area contributed by atoms with E-state index in [4.69, 9.17) is 9.40 Å². The molecule has 0 saturated heterocycles. The Balaban J connectivity index is 1.65. The minimum atomic E-state index is -0.540. The van der Waals surface area contributed by atoms with E-state index in [2.05, 4.69) is 17.6 Å². The lowest BCUT2D eigenvalue weighted by Gasteiger charge is -2.17. The Bertz CT molecular complexity index is 1200. The summed E-state index contributed by atoms with van der Waals surface area (Å²) in [6.45, 7) is 6.08. The number of hydrogen-bond donors (Lipinski definition) is 2. The van der Waals surface area contributed by atoms with Gasteiger partial charge in [0.25, 0.3) is 5.56 Å². The normalized spacial score (nSPS) is 15.7. The molecule has 1 aliphatic rings. The van der Waals surface area contributed by atoms with E-state index >= 15 is 0 Å². The third-order valence-electron chi connectivity index (χ3n) is 5.28. The minimum absolute atomic E-state index is 0.0380. The summed E-state index contributed by atoms with van der Waals surface area (Å²) in [5.74, 6) is 0.736. The summed E-state index contributed by atoms with van der Waals surface area (Å²) in [4.78, 5) is 44.3. The Hall–Kier alpha value is -2.59. The molecule has 3 heterocycles. The molecule has 1 unspecified atom stereocenters. The van der Waals surface area contributed by atoms with Gasteiger partial charge in [-0.3, -0.25) is 19.5 Å². The van der Waals surface area contributed by atoms with Crippen LogP contribution >= 0.6 is 23.1 Å². The van der Waals surface area contributed by atoms with E-state index in [1.54, 1.807) is 34.3 Å². The minimum Gasteiger partial charge on any atom is -0.467 e. The van der Waals surface area contributed by atoms with Gasteiger partial charge in [0.2, 0.25) is 5.91 Å². The highest BCUT2D eigenvalue weighted by Crippen LogP contribution is 2.36. The molecular weight excluding hydrogens is 448 g/mol. The molecule has 1 aliphatic carbocycles. The molecule has 3 aromatic rings. The van der Waals surface area contributed by atoms with Crippen LogP contribution in [-0.2, 0) is 24.2 Å². The van der Waals surface area contributed by atoms with E-state index in [0.717, 1.165) is 36.6 Å². The summed E-state index contributed by atoms with van der Waals surface area (Å²) in [7, 11) is 0. The average Bonchev–Trinajstić information content (AvgIpc) is 3.35. The highest BCUT2D eigenvalue weighted by molar-refractivity contribution is 7.99. The van der Waals surface area contributed by atoms with E-state index in [0.29, 0.717) is 27.1 Å². The lowest BCUT2D eigenvalue weighted by Crippen LogP contribution is -2.43. The Kier molecular flexibility index (Phi) is 6.71. The highest BCUT2D eigenvalue weighted by Gasteiger charge is 2.25. The van der Waals surface area contributed by atoms with Gasteiger partial charge in [-0.15, -0.1) is 11.3 Å². The lowest BCUT2D eigenvalue weighted by molar-refractivity contribution is -0.117. The molecule has 0 radical (unpaired) electrons. The number of carbonyl (C=O) groups is 2. The maximum atomic E-state index is 13.5. The first-order valence-corrected chi connectivity index (χ1v) is 12.4. The van der Waals surface area contributed by atoms with Crippen molar-refractivity contribution >= 4 is 45.3 Å².